The lowest BCUT2D eigenvalue weighted by atomic mass is 10.1. The maximum absolute atomic E-state index is 14.3. The van der Waals surface area contributed by atoms with Crippen molar-refractivity contribution in [2.24, 2.45) is 7.05 Å². The quantitative estimate of drug-likeness (QED) is 0.719. The Kier molecular flexibility index (Phi) is 6.81. The van der Waals surface area contributed by atoms with Gasteiger partial charge in [-0.1, -0.05) is 13.8 Å². The van der Waals surface area contributed by atoms with E-state index in [1.807, 2.05) is 13.8 Å². The zero-order valence-electron chi connectivity index (χ0n) is 17.6. The summed E-state index contributed by atoms with van der Waals surface area (Å²) in [5.74, 6) is -1.68. The van der Waals surface area contributed by atoms with Gasteiger partial charge in [-0.2, -0.15) is 5.10 Å². The summed E-state index contributed by atoms with van der Waals surface area (Å²) in [6.07, 6.45) is 1.54. The van der Waals surface area contributed by atoms with Gasteiger partial charge in [0.25, 0.3) is 5.91 Å². The molecule has 1 aromatic carbocycles. The number of nitrogens with zero attached hydrogens (tertiary/aromatic N) is 5. The second-order valence-corrected chi connectivity index (χ2v) is 7.32. The Morgan fingerprint density at radius 1 is 1.07 bits per heavy atom. The van der Waals surface area contributed by atoms with Gasteiger partial charge in [0.1, 0.15) is 17.3 Å². The summed E-state index contributed by atoms with van der Waals surface area (Å²) >= 11 is 0. The van der Waals surface area contributed by atoms with Gasteiger partial charge in [0, 0.05) is 51.1 Å². The highest BCUT2D eigenvalue weighted by Gasteiger charge is 2.28. The summed E-state index contributed by atoms with van der Waals surface area (Å²) in [6.45, 7) is 7.71. The SMILES string of the molecule is CCN(CC)CC(=O)N1CCN(C(=O)c2cn(C)nc2-c2ccc(F)cc2F)CC1. The maximum Gasteiger partial charge on any atom is 0.257 e. The highest BCUT2D eigenvalue weighted by Crippen LogP contribution is 2.26. The van der Waals surface area contributed by atoms with Crippen molar-refractivity contribution < 1.29 is 18.4 Å². The number of carbonyl (C=O) groups excluding carboxylic acids is 2. The van der Waals surface area contributed by atoms with Crippen molar-refractivity contribution in [1.29, 1.82) is 0 Å². The van der Waals surface area contributed by atoms with Crippen LogP contribution in [0.2, 0.25) is 0 Å². The number of halogens is 2. The third kappa shape index (κ3) is 4.67. The normalized spacial score (nSPS) is 14.5. The molecule has 7 nitrogen and oxygen atoms in total. The minimum Gasteiger partial charge on any atom is -0.338 e. The highest BCUT2D eigenvalue weighted by molar-refractivity contribution is 6.00. The zero-order valence-corrected chi connectivity index (χ0v) is 17.6. The van der Waals surface area contributed by atoms with Gasteiger partial charge in [0.2, 0.25) is 5.91 Å². The van der Waals surface area contributed by atoms with Crippen LogP contribution >= 0.6 is 0 Å². The molecule has 0 radical (unpaired) electrons. The first-order valence-corrected chi connectivity index (χ1v) is 10.1. The van der Waals surface area contributed by atoms with Crippen LogP contribution in [0.25, 0.3) is 11.3 Å². The first kappa shape index (κ1) is 21.9. The third-order valence-electron chi connectivity index (χ3n) is 5.42. The molecule has 0 saturated carbocycles. The maximum atomic E-state index is 14.3. The molecule has 2 heterocycles. The van der Waals surface area contributed by atoms with Gasteiger partial charge >= 0.3 is 0 Å². The van der Waals surface area contributed by atoms with Crippen LogP contribution in [0.15, 0.2) is 24.4 Å². The first-order valence-electron chi connectivity index (χ1n) is 10.1. The Morgan fingerprint density at radius 3 is 2.30 bits per heavy atom. The van der Waals surface area contributed by atoms with Crippen molar-refractivity contribution in [3.63, 3.8) is 0 Å². The summed E-state index contributed by atoms with van der Waals surface area (Å²) < 4.78 is 29.0. The van der Waals surface area contributed by atoms with Crippen molar-refractivity contribution in [1.82, 2.24) is 24.5 Å². The number of aromatic nitrogens is 2. The molecular weight excluding hydrogens is 392 g/mol. The van der Waals surface area contributed by atoms with E-state index in [1.54, 1.807) is 23.0 Å². The van der Waals surface area contributed by atoms with Crippen LogP contribution < -0.4 is 0 Å². The van der Waals surface area contributed by atoms with Crippen LogP contribution in [0.5, 0.6) is 0 Å². The van der Waals surface area contributed by atoms with Gasteiger partial charge in [0.05, 0.1) is 12.1 Å². The Bertz CT molecular complexity index is 918. The molecule has 1 aromatic heterocycles. The van der Waals surface area contributed by atoms with Crippen molar-refractivity contribution >= 4 is 11.8 Å². The van der Waals surface area contributed by atoms with E-state index in [0.29, 0.717) is 32.7 Å². The number of likely N-dealkylation sites (N-methyl/N-ethyl adjacent to an activating group) is 1. The predicted molar refractivity (Wildman–Crippen MR) is 109 cm³/mol. The van der Waals surface area contributed by atoms with Crippen molar-refractivity contribution in [2.75, 3.05) is 45.8 Å². The molecule has 30 heavy (non-hydrogen) atoms. The Hall–Kier alpha value is -2.81. The van der Waals surface area contributed by atoms with Crippen molar-refractivity contribution in [3.8, 4) is 11.3 Å². The van der Waals surface area contributed by atoms with Crippen LogP contribution in [0.4, 0.5) is 8.78 Å². The van der Waals surface area contributed by atoms with Crippen LogP contribution in [0, 0.1) is 11.6 Å². The lowest BCUT2D eigenvalue weighted by molar-refractivity contribution is -0.133. The van der Waals surface area contributed by atoms with Gasteiger partial charge in [0.15, 0.2) is 0 Å². The third-order valence-corrected chi connectivity index (χ3v) is 5.42. The molecule has 3 rings (SSSR count). The minimum atomic E-state index is -0.769. The lowest BCUT2D eigenvalue weighted by Crippen LogP contribution is -2.52. The molecule has 1 aliphatic heterocycles. The number of amides is 2. The number of rotatable bonds is 6. The minimum absolute atomic E-state index is 0.0567. The molecule has 0 unspecified atom stereocenters. The summed E-state index contributed by atoms with van der Waals surface area (Å²) in [6, 6.07) is 3.20. The number of carbonyl (C=O) groups is 2. The molecule has 1 fully saturated rings. The van der Waals surface area contributed by atoms with Crippen LogP contribution in [-0.4, -0.2) is 82.1 Å². The van der Waals surface area contributed by atoms with E-state index in [1.165, 1.54) is 10.7 Å². The first-order chi connectivity index (χ1) is 14.3. The van der Waals surface area contributed by atoms with Crippen LogP contribution in [0.3, 0.4) is 0 Å². The second-order valence-electron chi connectivity index (χ2n) is 7.32. The zero-order chi connectivity index (χ0) is 21.8. The molecule has 9 heteroatoms. The standard InChI is InChI=1S/C21H27F2N5O2/c1-4-26(5-2)14-19(29)27-8-10-28(11-9-27)21(30)17-13-25(3)24-20(17)16-7-6-15(22)12-18(16)23/h6-7,12-13H,4-5,8-11,14H2,1-3H3. The van der Waals surface area contributed by atoms with Crippen molar-refractivity contribution in [3.05, 3.63) is 41.6 Å². The van der Waals surface area contributed by atoms with Gasteiger partial charge < -0.3 is 9.80 Å². The molecule has 162 valence electrons. The molecule has 1 saturated heterocycles. The van der Waals surface area contributed by atoms with E-state index in [9.17, 15) is 18.4 Å². The Morgan fingerprint density at radius 2 is 1.70 bits per heavy atom. The van der Waals surface area contributed by atoms with E-state index in [4.69, 9.17) is 0 Å². The molecule has 0 N–H and O–H groups in total. The average Bonchev–Trinajstić information content (AvgIpc) is 3.12. The van der Waals surface area contributed by atoms with Gasteiger partial charge in [-0.3, -0.25) is 19.2 Å². The highest BCUT2D eigenvalue weighted by atomic mass is 19.1. The predicted octanol–water partition coefficient (Wildman–Crippen LogP) is 1.99. The molecule has 0 spiro atoms. The van der Waals surface area contributed by atoms with E-state index in [0.717, 1.165) is 25.2 Å². The van der Waals surface area contributed by atoms with Gasteiger partial charge in [-0.25, -0.2) is 8.78 Å². The fourth-order valence-electron chi connectivity index (χ4n) is 3.59. The molecule has 2 amide bonds. The fraction of sp³-hybridized carbons (Fsp3) is 0.476. The second kappa shape index (κ2) is 9.34. The summed E-state index contributed by atoms with van der Waals surface area (Å²) in [5, 5.41) is 4.22. The lowest BCUT2D eigenvalue weighted by Gasteiger charge is -2.35. The molecule has 1 aliphatic rings. The van der Waals surface area contributed by atoms with Gasteiger partial charge in [-0.05, 0) is 25.2 Å². The number of piperazine rings is 1. The number of aryl methyl sites for hydroxylation is 1. The molecular formula is C21H27F2N5O2. The molecule has 2 aromatic rings. The van der Waals surface area contributed by atoms with Crippen molar-refractivity contribution in [2.45, 2.75) is 13.8 Å². The summed E-state index contributed by atoms with van der Waals surface area (Å²) in [4.78, 5) is 31.0. The van der Waals surface area contributed by atoms with E-state index in [2.05, 4.69) is 10.00 Å². The van der Waals surface area contributed by atoms with Gasteiger partial charge in [-0.15, -0.1) is 0 Å². The number of hydrogen-bond acceptors (Lipinski definition) is 4. The Labute approximate surface area is 174 Å². The molecule has 0 atom stereocenters. The van der Waals surface area contributed by atoms with E-state index in [-0.39, 0.29) is 28.6 Å². The molecule has 0 bridgehead atoms. The number of benzene rings is 1. The Balaban J connectivity index is 1.71. The van der Waals surface area contributed by atoms with E-state index < -0.39 is 11.6 Å². The monoisotopic (exact) mass is 419 g/mol. The smallest absolute Gasteiger partial charge is 0.257 e. The van der Waals surface area contributed by atoms with Crippen LogP contribution in [0.1, 0.15) is 24.2 Å². The number of hydrogen-bond donors (Lipinski definition) is 0. The average molecular weight is 419 g/mol. The summed E-state index contributed by atoms with van der Waals surface area (Å²) in [5.41, 5.74) is 0.513. The fourth-order valence-corrected chi connectivity index (χ4v) is 3.59. The van der Waals surface area contributed by atoms with Crippen LogP contribution in [-0.2, 0) is 11.8 Å². The van der Waals surface area contributed by atoms with E-state index >= 15 is 0 Å². The largest absolute Gasteiger partial charge is 0.338 e. The summed E-state index contributed by atoms with van der Waals surface area (Å²) in [7, 11) is 1.64. The topological polar surface area (TPSA) is 61.7 Å². The molecule has 0 aliphatic carbocycles.